The lowest BCUT2D eigenvalue weighted by atomic mass is 9.94. The van der Waals surface area contributed by atoms with Crippen molar-refractivity contribution in [3.8, 4) is 17.2 Å². The van der Waals surface area contributed by atoms with E-state index in [0.717, 1.165) is 0 Å². The van der Waals surface area contributed by atoms with E-state index in [-0.39, 0.29) is 23.4 Å². The number of ketones is 1. The lowest BCUT2D eigenvalue weighted by molar-refractivity contribution is -0.140. The average molecular weight is 441 g/mol. The largest absolute Gasteiger partial charge is 0.507 e. The first-order valence-corrected chi connectivity index (χ1v) is 10.1. The molecule has 1 atom stereocenters. The number of nitrogens with zero attached hydrogens (tertiary/aromatic N) is 1. The van der Waals surface area contributed by atoms with Crippen LogP contribution in [0.3, 0.4) is 0 Å². The second-order valence-electron chi connectivity index (χ2n) is 7.15. The normalized spacial score (nSPS) is 17.5. The predicted octanol–water partition coefficient (Wildman–Crippen LogP) is 3.17. The molecule has 1 unspecified atom stereocenters. The topological polar surface area (TPSA) is 94.5 Å². The molecule has 170 valence electrons. The number of benzene rings is 2. The molecular formula is C24H27NO7. The summed E-state index contributed by atoms with van der Waals surface area (Å²) in [4.78, 5) is 27.6. The smallest absolute Gasteiger partial charge is 0.295 e. The van der Waals surface area contributed by atoms with Gasteiger partial charge >= 0.3 is 0 Å². The van der Waals surface area contributed by atoms with Gasteiger partial charge < -0.3 is 29.0 Å². The van der Waals surface area contributed by atoms with Gasteiger partial charge in [0.2, 0.25) is 0 Å². The molecule has 1 fully saturated rings. The first kappa shape index (κ1) is 23.1. The summed E-state index contributed by atoms with van der Waals surface area (Å²) in [6, 6.07) is 11.1. The zero-order chi connectivity index (χ0) is 23.3. The molecule has 1 saturated heterocycles. The molecule has 0 bridgehead atoms. The molecule has 2 aromatic rings. The standard InChI is InChI=1S/C24H27NO7/c1-29-13-7-12-25-21(16-8-5-6-9-18(16)31-3)20(23(27)24(25)28)22(26)17-11-10-15(30-2)14-19(17)32-4/h5-6,8-11,14,21,26H,7,12-13H2,1-4H3/b22-20+. The van der Waals surface area contributed by atoms with Gasteiger partial charge in [0, 0.05) is 31.9 Å². The van der Waals surface area contributed by atoms with E-state index in [9.17, 15) is 14.7 Å². The Labute approximate surface area is 187 Å². The molecule has 0 saturated carbocycles. The number of aliphatic hydroxyl groups excluding tert-OH is 1. The molecule has 1 aliphatic heterocycles. The molecule has 8 heteroatoms. The third-order valence-corrected chi connectivity index (χ3v) is 5.38. The van der Waals surface area contributed by atoms with E-state index in [1.54, 1.807) is 49.6 Å². The van der Waals surface area contributed by atoms with Gasteiger partial charge in [-0.2, -0.15) is 0 Å². The molecular weight excluding hydrogens is 414 g/mol. The Morgan fingerprint density at radius 3 is 2.34 bits per heavy atom. The predicted molar refractivity (Wildman–Crippen MR) is 118 cm³/mol. The average Bonchev–Trinajstić information content (AvgIpc) is 3.08. The second-order valence-corrected chi connectivity index (χ2v) is 7.15. The minimum Gasteiger partial charge on any atom is -0.507 e. The van der Waals surface area contributed by atoms with Gasteiger partial charge in [0.25, 0.3) is 11.7 Å². The summed E-state index contributed by atoms with van der Waals surface area (Å²) in [5.41, 5.74) is 0.851. The first-order valence-electron chi connectivity index (χ1n) is 10.1. The molecule has 1 heterocycles. The Hall–Kier alpha value is -3.52. The zero-order valence-corrected chi connectivity index (χ0v) is 18.6. The number of likely N-dealkylation sites (tertiary alicyclic amines) is 1. The van der Waals surface area contributed by atoms with E-state index in [1.165, 1.54) is 26.2 Å². The van der Waals surface area contributed by atoms with Crippen LogP contribution >= 0.6 is 0 Å². The Kier molecular flexibility index (Phi) is 7.37. The highest BCUT2D eigenvalue weighted by molar-refractivity contribution is 6.46. The van der Waals surface area contributed by atoms with Crippen LogP contribution in [0.1, 0.15) is 23.6 Å². The Bertz CT molecular complexity index is 1030. The van der Waals surface area contributed by atoms with Crippen LogP contribution in [-0.4, -0.2) is 63.3 Å². The summed E-state index contributed by atoms with van der Waals surface area (Å²) in [5.74, 6) is -0.442. The van der Waals surface area contributed by atoms with Crippen LogP contribution in [0.2, 0.25) is 0 Å². The number of hydrogen-bond donors (Lipinski definition) is 1. The number of ether oxygens (including phenoxy) is 4. The van der Waals surface area contributed by atoms with Crippen LogP contribution in [0.15, 0.2) is 48.0 Å². The number of para-hydroxylation sites is 1. The van der Waals surface area contributed by atoms with Gasteiger partial charge in [-0.15, -0.1) is 0 Å². The monoisotopic (exact) mass is 441 g/mol. The highest BCUT2D eigenvalue weighted by Gasteiger charge is 2.47. The van der Waals surface area contributed by atoms with Crippen LogP contribution in [0.5, 0.6) is 17.2 Å². The van der Waals surface area contributed by atoms with Gasteiger partial charge in [-0.25, -0.2) is 0 Å². The van der Waals surface area contributed by atoms with Crippen molar-refractivity contribution < 1.29 is 33.6 Å². The van der Waals surface area contributed by atoms with Gasteiger partial charge in [-0.1, -0.05) is 18.2 Å². The highest BCUT2D eigenvalue weighted by atomic mass is 16.5. The van der Waals surface area contributed by atoms with Crippen LogP contribution in [0.25, 0.3) is 5.76 Å². The van der Waals surface area contributed by atoms with Crippen LogP contribution in [0.4, 0.5) is 0 Å². The minimum absolute atomic E-state index is 0.0274. The van der Waals surface area contributed by atoms with Crippen molar-refractivity contribution in [1.82, 2.24) is 4.90 Å². The summed E-state index contributed by atoms with van der Waals surface area (Å²) in [7, 11) is 6.05. The maximum Gasteiger partial charge on any atom is 0.295 e. The Balaban J connectivity index is 2.21. The Morgan fingerprint density at radius 2 is 1.69 bits per heavy atom. The quantitative estimate of drug-likeness (QED) is 0.276. The number of Topliss-reactive ketones (excluding diaryl/α,β-unsaturated/α-hetero) is 1. The highest BCUT2D eigenvalue weighted by Crippen LogP contribution is 2.44. The van der Waals surface area contributed by atoms with Crippen molar-refractivity contribution in [2.75, 3.05) is 41.6 Å². The van der Waals surface area contributed by atoms with Gasteiger partial charge in [-0.05, 0) is 24.6 Å². The van der Waals surface area contributed by atoms with E-state index >= 15 is 0 Å². The molecule has 3 rings (SSSR count). The van der Waals surface area contributed by atoms with Gasteiger partial charge in [0.05, 0.1) is 38.5 Å². The van der Waals surface area contributed by atoms with Crippen molar-refractivity contribution >= 4 is 17.4 Å². The SMILES string of the molecule is COCCCN1C(=O)C(=O)/C(=C(/O)c2ccc(OC)cc2OC)C1c1ccccc1OC. The van der Waals surface area contributed by atoms with E-state index < -0.39 is 17.7 Å². The van der Waals surface area contributed by atoms with E-state index in [2.05, 4.69) is 0 Å². The Morgan fingerprint density at radius 1 is 0.969 bits per heavy atom. The molecule has 0 aliphatic carbocycles. The van der Waals surface area contributed by atoms with Crippen molar-refractivity contribution in [2.45, 2.75) is 12.5 Å². The number of methoxy groups -OCH3 is 4. The van der Waals surface area contributed by atoms with Crippen molar-refractivity contribution in [2.24, 2.45) is 0 Å². The molecule has 1 amide bonds. The number of carbonyl (C=O) groups is 2. The molecule has 1 aliphatic rings. The fourth-order valence-corrected chi connectivity index (χ4v) is 3.84. The first-order chi connectivity index (χ1) is 15.5. The van der Waals surface area contributed by atoms with E-state index in [1.807, 2.05) is 0 Å². The van der Waals surface area contributed by atoms with Crippen LogP contribution < -0.4 is 14.2 Å². The second kappa shape index (κ2) is 10.2. The summed E-state index contributed by atoms with van der Waals surface area (Å²) in [6.45, 7) is 0.700. The van der Waals surface area contributed by atoms with Crippen molar-refractivity contribution in [1.29, 1.82) is 0 Å². The number of amides is 1. The van der Waals surface area contributed by atoms with E-state index in [4.69, 9.17) is 18.9 Å². The van der Waals surface area contributed by atoms with Crippen molar-refractivity contribution in [3.63, 3.8) is 0 Å². The molecule has 0 aromatic heterocycles. The molecule has 2 aromatic carbocycles. The van der Waals surface area contributed by atoms with Gasteiger partial charge in [0.15, 0.2) is 0 Å². The lowest BCUT2D eigenvalue weighted by Crippen LogP contribution is -2.31. The van der Waals surface area contributed by atoms with Gasteiger partial charge in [-0.3, -0.25) is 9.59 Å². The van der Waals surface area contributed by atoms with E-state index in [0.29, 0.717) is 35.8 Å². The maximum atomic E-state index is 13.1. The fraction of sp³-hybridized carbons (Fsp3) is 0.333. The van der Waals surface area contributed by atoms with Crippen LogP contribution in [-0.2, 0) is 14.3 Å². The number of hydrogen-bond acceptors (Lipinski definition) is 7. The molecule has 0 spiro atoms. The number of rotatable bonds is 9. The summed E-state index contributed by atoms with van der Waals surface area (Å²) >= 11 is 0. The maximum absolute atomic E-state index is 13.1. The number of carbonyl (C=O) groups excluding carboxylic acids is 2. The van der Waals surface area contributed by atoms with Crippen molar-refractivity contribution in [3.05, 3.63) is 59.2 Å². The molecule has 1 N–H and O–H groups in total. The summed E-state index contributed by atoms with van der Waals surface area (Å²) in [5, 5.41) is 11.3. The third-order valence-electron chi connectivity index (χ3n) is 5.38. The molecule has 32 heavy (non-hydrogen) atoms. The number of aliphatic hydroxyl groups is 1. The third kappa shape index (κ3) is 4.27. The fourth-order valence-electron chi connectivity index (χ4n) is 3.84. The van der Waals surface area contributed by atoms with Gasteiger partial charge in [0.1, 0.15) is 23.0 Å². The minimum atomic E-state index is -0.824. The summed E-state index contributed by atoms with van der Waals surface area (Å²) in [6.07, 6.45) is 0.529. The zero-order valence-electron chi connectivity index (χ0n) is 18.6. The molecule has 8 nitrogen and oxygen atoms in total. The van der Waals surface area contributed by atoms with Crippen LogP contribution in [0, 0.1) is 0 Å². The summed E-state index contributed by atoms with van der Waals surface area (Å²) < 4.78 is 21.2. The molecule has 0 radical (unpaired) electrons. The lowest BCUT2D eigenvalue weighted by Gasteiger charge is -2.26.